The average molecular weight is 268 g/mol. The van der Waals surface area contributed by atoms with Gasteiger partial charge in [-0.15, -0.1) is 0 Å². The lowest BCUT2D eigenvalue weighted by Crippen LogP contribution is -2.11. The Morgan fingerprint density at radius 2 is 1.65 bits per heavy atom. The maximum absolute atomic E-state index is 12.1. The quantitative estimate of drug-likeness (QED) is 0.539. The fourth-order valence-electron chi connectivity index (χ4n) is 1.99. The number of benzene rings is 2. The number of phenols is 2. The molecule has 1 amide bonds. The van der Waals surface area contributed by atoms with E-state index in [1.807, 2.05) is 0 Å². The molecule has 2 aromatic carbocycles. The number of aromatic hydroxyl groups is 2. The minimum absolute atomic E-state index is 0.143. The van der Waals surface area contributed by atoms with E-state index in [1.54, 1.807) is 36.4 Å². The van der Waals surface area contributed by atoms with Crippen molar-refractivity contribution in [2.75, 3.05) is 5.32 Å². The number of anilines is 1. The van der Waals surface area contributed by atoms with Gasteiger partial charge in [-0.1, -0.05) is 0 Å². The van der Waals surface area contributed by atoms with Crippen molar-refractivity contribution in [2.24, 2.45) is 0 Å². The van der Waals surface area contributed by atoms with E-state index in [-0.39, 0.29) is 17.4 Å². The lowest BCUT2D eigenvalue weighted by Gasteiger charge is -2.03. The number of nitrogens with one attached hydrogen (secondary N) is 2. The number of H-pyrrole nitrogens is 1. The van der Waals surface area contributed by atoms with Crippen molar-refractivity contribution >= 4 is 22.5 Å². The Morgan fingerprint density at radius 3 is 2.40 bits per heavy atom. The molecule has 5 heteroatoms. The molecule has 20 heavy (non-hydrogen) atoms. The molecule has 4 N–H and O–H groups in total. The maximum Gasteiger partial charge on any atom is 0.272 e. The van der Waals surface area contributed by atoms with Gasteiger partial charge in [0.1, 0.15) is 17.2 Å². The van der Waals surface area contributed by atoms with E-state index in [4.69, 9.17) is 0 Å². The molecular weight excluding hydrogens is 256 g/mol. The normalized spacial score (nSPS) is 10.6. The lowest BCUT2D eigenvalue weighted by molar-refractivity contribution is 0.102. The lowest BCUT2D eigenvalue weighted by atomic mass is 10.2. The van der Waals surface area contributed by atoms with Crippen LogP contribution < -0.4 is 5.32 Å². The molecule has 100 valence electrons. The summed E-state index contributed by atoms with van der Waals surface area (Å²) in [5.41, 5.74) is 1.77. The van der Waals surface area contributed by atoms with E-state index >= 15 is 0 Å². The highest BCUT2D eigenvalue weighted by Gasteiger charge is 2.10. The summed E-state index contributed by atoms with van der Waals surface area (Å²) in [4.78, 5) is 15.1. The van der Waals surface area contributed by atoms with Gasteiger partial charge in [0.2, 0.25) is 0 Å². The van der Waals surface area contributed by atoms with Crippen molar-refractivity contribution in [1.29, 1.82) is 0 Å². The Balaban J connectivity index is 1.86. The number of hydrogen-bond donors (Lipinski definition) is 4. The first-order valence-corrected chi connectivity index (χ1v) is 6.04. The van der Waals surface area contributed by atoms with E-state index in [0.717, 1.165) is 10.9 Å². The number of phenolic OH excluding ortho intramolecular Hbond substituents is 2. The third-order valence-corrected chi connectivity index (χ3v) is 2.97. The Morgan fingerprint density at radius 1 is 0.950 bits per heavy atom. The molecule has 0 aliphatic rings. The molecule has 0 spiro atoms. The van der Waals surface area contributed by atoms with Crippen LogP contribution >= 0.6 is 0 Å². The summed E-state index contributed by atoms with van der Waals surface area (Å²) in [6.07, 6.45) is 0. The Labute approximate surface area is 114 Å². The molecule has 5 nitrogen and oxygen atoms in total. The molecule has 0 saturated carbocycles. The standard InChI is InChI=1S/C15H12N2O3/c18-11-3-1-10(2-4-11)16-15(20)14-8-9-7-12(19)5-6-13(9)17-14/h1-8,17-19H,(H,16,20). The molecule has 0 atom stereocenters. The minimum Gasteiger partial charge on any atom is -0.508 e. The van der Waals surface area contributed by atoms with Crippen molar-refractivity contribution in [3.63, 3.8) is 0 Å². The van der Waals surface area contributed by atoms with Crippen LogP contribution in [0.15, 0.2) is 48.5 Å². The Hall–Kier alpha value is -2.95. The summed E-state index contributed by atoms with van der Waals surface area (Å²) in [6, 6.07) is 12.7. The van der Waals surface area contributed by atoms with Gasteiger partial charge in [0.15, 0.2) is 0 Å². The highest BCUT2D eigenvalue weighted by Crippen LogP contribution is 2.21. The number of aromatic amines is 1. The number of hydrogen-bond acceptors (Lipinski definition) is 3. The zero-order chi connectivity index (χ0) is 14.1. The smallest absolute Gasteiger partial charge is 0.272 e. The zero-order valence-electron chi connectivity index (χ0n) is 10.4. The van der Waals surface area contributed by atoms with Crippen molar-refractivity contribution in [1.82, 2.24) is 4.98 Å². The predicted octanol–water partition coefficient (Wildman–Crippen LogP) is 2.83. The summed E-state index contributed by atoms with van der Waals surface area (Å²) in [6.45, 7) is 0. The first-order chi connectivity index (χ1) is 9.61. The van der Waals surface area contributed by atoms with Crippen LogP contribution in [0, 0.1) is 0 Å². The molecule has 0 bridgehead atoms. The Bertz CT molecular complexity index is 775. The van der Waals surface area contributed by atoms with E-state index in [2.05, 4.69) is 10.3 Å². The van der Waals surface area contributed by atoms with Crippen LogP contribution in [0.1, 0.15) is 10.5 Å². The molecule has 0 saturated heterocycles. The summed E-state index contributed by atoms with van der Waals surface area (Å²) < 4.78 is 0. The van der Waals surface area contributed by atoms with Gasteiger partial charge in [-0.25, -0.2) is 0 Å². The van der Waals surface area contributed by atoms with Crippen LogP contribution in [0.5, 0.6) is 11.5 Å². The van der Waals surface area contributed by atoms with Crippen LogP contribution in [0.4, 0.5) is 5.69 Å². The third kappa shape index (κ3) is 2.29. The van der Waals surface area contributed by atoms with Gasteiger partial charge in [-0.05, 0) is 48.5 Å². The second-order valence-electron chi connectivity index (χ2n) is 4.46. The minimum atomic E-state index is -0.286. The molecule has 1 heterocycles. The van der Waals surface area contributed by atoms with Crippen molar-refractivity contribution < 1.29 is 15.0 Å². The fourth-order valence-corrected chi connectivity index (χ4v) is 1.99. The average Bonchev–Trinajstić information content (AvgIpc) is 2.84. The number of aromatic nitrogens is 1. The predicted molar refractivity (Wildman–Crippen MR) is 76.0 cm³/mol. The second kappa shape index (κ2) is 4.62. The molecule has 0 unspecified atom stereocenters. The topological polar surface area (TPSA) is 85.3 Å². The summed E-state index contributed by atoms with van der Waals surface area (Å²) in [5.74, 6) is 0.0115. The van der Waals surface area contributed by atoms with Gasteiger partial charge in [0.25, 0.3) is 5.91 Å². The van der Waals surface area contributed by atoms with Crippen molar-refractivity contribution in [2.45, 2.75) is 0 Å². The fraction of sp³-hybridized carbons (Fsp3) is 0. The third-order valence-electron chi connectivity index (χ3n) is 2.97. The number of carbonyl (C=O) groups is 1. The van der Waals surface area contributed by atoms with Crippen LogP contribution in [0.25, 0.3) is 10.9 Å². The highest BCUT2D eigenvalue weighted by molar-refractivity contribution is 6.06. The van der Waals surface area contributed by atoms with E-state index < -0.39 is 0 Å². The van der Waals surface area contributed by atoms with Gasteiger partial charge >= 0.3 is 0 Å². The summed E-state index contributed by atoms with van der Waals surface area (Å²) in [5, 5.41) is 22.1. The molecule has 3 aromatic rings. The van der Waals surface area contributed by atoms with E-state index in [9.17, 15) is 15.0 Å². The molecular formula is C15H12N2O3. The van der Waals surface area contributed by atoms with Crippen LogP contribution in [-0.4, -0.2) is 21.1 Å². The number of rotatable bonds is 2. The van der Waals surface area contributed by atoms with E-state index in [0.29, 0.717) is 11.4 Å². The highest BCUT2D eigenvalue weighted by atomic mass is 16.3. The van der Waals surface area contributed by atoms with Gasteiger partial charge < -0.3 is 20.5 Å². The van der Waals surface area contributed by atoms with Crippen molar-refractivity contribution in [3.8, 4) is 11.5 Å². The van der Waals surface area contributed by atoms with Crippen LogP contribution in [-0.2, 0) is 0 Å². The molecule has 0 aliphatic carbocycles. The molecule has 3 rings (SSSR count). The summed E-state index contributed by atoms with van der Waals surface area (Å²) >= 11 is 0. The van der Waals surface area contributed by atoms with Gasteiger partial charge in [0, 0.05) is 16.6 Å². The van der Waals surface area contributed by atoms with Gasteiger partial charge in [-0.3, -0.25) is 4.79 Å². The Kier molecular flexibility index (Phi) is 2.80. The molecule has 0 fully saturated rings. The molecule has 0 radical (unpaired) electrons. The molecule has 1 aromatic heterocycles. The van der Waals surface area contributed by atoms with Gasteiger partial charge in [-0.2, -0.15) is 0 Å². The van der Waals surface area contributed by atoms with E-state index in [1.165, 1.54) is 12.1 Å². The van der Waals surface area contributed by atoms with Gasteiger partial charge in [0.05, 0.1) is 0 Å². The van der Waals surface area contributed by atoms with Crippen molar-refractivity contribution in [3.05, 3.63) is 54.2 Å². The molecule has 0 aliphatic heterocycles. The van der Waals surface area contributed by atoms with Crippen LogP contribution in [0.2, 0.25) is 0 Å². The largest absolute Gasteiger partial charge is 0.508 e. The first kappa shape index (κ1) is 12.1. The zero-order valence-corrected chi connectivity index (χ0v) is 10.4. The number of carbonyl (C=O) groups excluding carboxylic acids is 1. The monoisotopic (exact) mass is 268 g/mol. The van der Waals surface area contributed by atoms with Crippen LogP contribution in [0.3, 0.4) is 0 Å². The SMILES string of the molecule is O=C(Nc1ccc(O)cc1)c1cc2cc(O)ccc2[nH]1. The second-order valence-corrected chi connectivity index (χ2v) is 4.46. The summed E-state index contributed by atoms with van der Waals surface area (Å²) in [7, 11) is 0. The first-order valence-electron chi connectivity index (χ1n) is 6.04. The number of fused-ring (bicyclic) bond motifs is 1. The maximum atomic E-state index is 12.1. The number of amides is 1.